The van der Waals surface area contributed by atoms with E-state index >= 15 is 0 Å². The first-order valence-corrected chi connectivity index (χ1v) is 8.89. The Labute approximate surface area is 119 Å². The zero-order chi connectivity index (χ0) is 15.7. The summed E-state index contributed by atoms with van der Waals surface area (Å²) in [4.78, 5) is -0.136. The number of rotatable bonds is 5. The predicted molar refractivity (Wildman–Crippen MR) is 78.1 cm³/mol. The summed E-state index contributed by atoms with van der Waals surface area (Å²) < 4.78 is 51.1. The van der Waals surface area contributed by atoms with E-state index in [0.717, 1.165) is 0 Å². The Bertz CT molecular complexity index is 709. The summed E-state index contributed by atoms with van der Waals surface area (Å²) in [6, 6.07) is 2.32. The van der Waals surface area contributed by atoms with Crippen LogP contribution in [-0.4, -0.2) is 22.9 Å². The SMILES string of the molecule is Cc1cc(S(N)(=O)=O)cc(NS(=O)(=O)NC(C)C)c1C. The molecule has 0 saturated carbocycles. The molecule has 0 aliphatic carbocycles. The largest absolute Gasteiger partial charge is 0.299 e. The van der Waals surface area contributed by atoms with Crippen LogP contribution >= 0.6 is 0 Å². The van der Waals surface area contributed by atoms with Gasteiger partial charge in [0.25, 0.3) is 10.2 Å². The summed E-state index contributed by atoms with van der Waals surface area (Å²) in [5.41, 5.74) is 1.44. The van der Waals surface area contributed by atoms with E-state index < -0.39 is 20.2 Å². The fourth-order valence-electron chi connectivity index (χ4n) is 1.58. The maximum Gasteiger partial charge on any atom is 0.299 e. The average molecular weight is 321 g/mol. The fourth-order valence-corrected chi connectivity index (χ4v) is 3.39. The molecule has 4 N–H and O–H groups in total. The van der Waals surface area contributed by atoms with Gasteiger partial charge in [-0.15, -0.1) is 0 Å². The van der Waals surface area contributed by atoms with E-state index in [4.69, 9.17) is 5.14 Å². The highest BCUT2D eigenvalue weighted by Crippen LogP contribution is 2.24. The van der Waals surface area contributed by atoms with Gasteiger partial charge in [-0.2, -0.15) is 13.1 Å². The van der Waals surface area contributed by atoms with Crippen molar-refractivity contribution in [2.45, 2.75) is 38.6 Å². The Kier molecular flexibility index (Phi) is 4.80. The summed E-state index contributed by atoms with van der Waals surface area (Å²) in [6.07, 6.45) is 0. The van der Waals surface area contributed by atoms with E-state index in [1.54, 1.807) is 27.7 Å². The standard InChI is InChI=1S/C11H19N3O4S2/c1-7(2)13-20(17,18)14-11-6-10(19(12,15)16)5-8(3)9(11)4/h5-7,13-14H,1-4H3,(H2,12,15,16). The van der Waals surface area contributed by atoms with E-state index in [-0.39, 0.29) is 16.6 Å². The van der Waals surface area contributed by atoms with Crippen LogP contribution in [-0.2, 0) is 20.2 Å². The van der Waals surface area contributed by atoms with Crippen LogP contribution in [0.3, 0.4) is 0 Å². The van der Waals surface area contributed by atoms with Crippen molar-refractivity contribution in [1.82, 2.24) is 4.72 Å². The minimum absolute atomic E-state index is 0.136. The minimum atomic E-state index is -3.90. The first-order valence-electron chi connectivity index (χ1n) is 5.86. The summed E-state index contributed by atoms with van der Waals surface area (Å²) >= 11 is 0. The molecular formula is C11H19N3O4S2. The lowest BCUT2D eigenvalue weighted by atomic mass is 10.1. The normalized spacial score (nSPS) is 12.7. The molecule has 0 unspecified atom stereocenters. The Morgan fingerprint density at radius 2 is 1.65 bits per heavy atom. The zero-order valence-corrected chi connectivity index (χ0v) is 13.4. The third-order valence-electron chi connectivity index (χ3n) is 2.60. The van der Waals surface area contributed by atoms with Crippen LogP contribution in [0.1, 0.15) is 25.0 Å². The molecule has 1 aromatic carbocycles. The number of hydrogen-bond donors (Lipinski definition) is 3. The second-order valence-corrected chi connectivity index (χ2v) is 7.84. The lowest BCUT2D eigenvalue weighted by molar-refractivity contribution is 0.575. The van der Waals surface area contributed by atoms with Gasteiger partial charge in [0.2, 0.25) is 10.0 Å². The van der Waals surface area contributed by atoms with Crippen molar-refractivity contribution in [3.8, 4) is 0 Å². The van der Waals surface area contributed by atoms with E-state index in [1.165, 1.54) is 12.1 Å². The van der Waals surface area contributed by atoms with Crippen LogP contribution in [0.15, 0.2) is 17.0 Å². The molecule has 0 spiro atoms. The van der Waals surface area contributed by atoms with Crippen molar-refractivity contribution >= 4 is 25.9 Å². The quantitative estimate of drug-likeness (QED) is 0.736. The van der Waals surface area contributed by atoms with Gasteiger partial charge in [0.15, 0.2) is 0 Å². The van der Waals surface area contributed by atoms with Gasteiger partial charge in [-0.1, -0.05) is 0 Å². The van der Waals surface area contributed by atoms with Crippen LogP contribution in [0.4, 0.5) is 5.69 Å². The molecule has 0 amide bonds. The number of sulfonamides is 1. The third kappa shape index (κ3) is 4.44. The van der Waals surface area contributed by atoms with Gasteiger partial charge in [-0.25, -0.2) is 13.6 Å². The summed E-state index contributed by atoms with van der Waals surface area (Å²) in [5, 5.41) is 5.07. The van der Waals surface area contributed by atoms with Crippen LogP contribution in [0, 0.1) is 13.8 Å². The average Bonchev–Trinajstić information content (AvgIpc) is 2.20. The van der Waals surface area contributed by atoms with Crippen molar-refractivity contribution in [3.05, 3.63) is 23.3 Å². The lowest BCUT2D eigenvalue weighted by Crippen LogP contribution is -2.35. The minimum Gasteiger partial charge on any atom is -0.271 e. The van der Waals surface area contributed by atoms with E-state index in [2.05, 4.69) is 9.44 Å². The van der Waals surface area contributed by atoms with Crippen LogP contribution in [0.2, 0.25) is 0 Å². The van der Waals surface area contributed by atoms with Crippen LogP contribution in [0.5, 0.6) is 0 Å². The topological polar surface area (TPSA) is 118 Å². The fraction of sp³-hybridized carbons (Fsp3) is 0.455. The van der Waals surface area contributed by atoms with E-state index in [0.29, 0.717) is 11.1 Å². The van der Waals surface area contributed by atoms with Gasteiger partial charge in [0.05, 0.1) is 10.6 Å². The molecule has 0 aliphatic heterocycles. The molecule has 20 heavy (non-hydrogen) atoms. The number of hydrogen-bond acceptors (Lipinski definition) is 4. The molecular weight excluding hydrogens is 302 g/mol. The molecule has 1 rings (SSSR count). The van der Waals surface area contributed by atoms with Crippen molar-refractivity contribution in [1.29, 1.82) is 0 Å². The molecule has 1 aromatic rings. The number of benzene rings is 1. The molecule has 0 heterocycles. The van der Waals surface area contributed by atoms with Crippen molar-refractivity contribution in [3.63, 3.8) is 0 Å². The number of nitrogens with one attached hydrogen (secondary N) is 2. The Hall–Kier alpha value is -1.16. The first kappa shape index (κ1) is 16.9. The summed E-state index contributed by atoms with van der Waals surface area (Å²) in [6.45, 7) is 6.73. The highest BCUT2D eigenvalue weighted by Gasteiger charge is 2.17. The molecule has 7 nitrogen and oxygen atoms in total. The Balaban J connectivity index is 3.29. The number of nitrogens with two attached hydrogens (primary N) is 1. The molecule has 0 bridgehead atoms. The van der Waals surface area contributed by atoms with Gasteiger partial charge in [0, 0.05) is 6.04 Å². The molecule has 9 heteroatoms. The van der Waals surface area contributed by atoms with E-state index in [9.17, 15) is 16.8 Å². The molecule has 0 atom stereocenters. The Morgan fingerprint density at radius 1 is 1.10 bits per heavy atom. The maximum absolute atomic E-state index is 11.8. The number of aryl methyl sites for hydroxylation is 1. The highest BCUT2D eigenvalue weighted by molar-refractivity contribution is 7.90. The Morgan fingerprint density at radius 3 is 2.10 bits per heavy atom. The highest BCUT2D eigenvalue weighted by atomic mass is 32.2. The van der Waals surface area contributed by atoms with Crippen molar-refractivity contribution in [2.75, 3.05) is 4.72 Å². The second-order valence-electron chi connectivity index (χ2n) is 4.84. The number of anilines is 1. The van der Waals surface area contributed by atoms with Gasteiger partial charge in [0.1, 0.15) is 0 Å². The van der Waals surface area contributed by atoms with Crippen LogP contribution in [0.25, 0.3) is 0 Å². The first-order chi connectivity index (χ1) is 8.92. The van der Waals surface area contributed by atoms with E-state index in [1.807, 2.05) is 0 Å². The lowest BCUT2D eigenvalue weighted by Gasteiger charge is -2.15. The molecule has 114 valence electrons. The molecule has 0 fully saturated rings. The van der Waals surface area contributed by atoms with Crippen molar-refractivity contribution in [2.24, 2.45) is 5.14 Å². The monoisotopic (exact) mass is 321 g/mol. The number of primary sulfonamides is 1. The molecule has 0 radical (unpaired) electrons. The summed E-state index contributed by atoms with van der Waals surface area (Å²) in [7, 11) is -7.67. The summed E-state index contributed by atoms with van der Waals surface area (Å²) in [5.74, 6) is 0. The smallest absolute Gasteiger partial charge is 0.271 e. The zero-order valence-electron chi connectivity index (χ0n) is 11.8. The molecule has 0 aromatic heterocycles. The van der Waals surface area contributed by atoms with Crippen molar-refractivity contribution < 1.29 is 16.8 Å². The molecule has 0 saturated heterocycles. The van der Waals surface area contributed by atoms with Gasteiger partial charge in [-0.3, -0.25) is 4.72 Å². The maximum atomic E-state index is 11.8. The molecule has 0 aliphatic rings. The predicted octanol–water partition coefficient (Wildman–Crippen LogP) is 0.606. The third-order valence-corrected chi connectivity index (χ3v) is 4.77. The van der Waals surface area contributed by atoms with Gasteiger partial charge in [-0.05, 0) is 51.0 Å². The van der Waals surface area contributed by atoms with Crippen LogP contribution < -0.4 is 14.6 Å². The second kappa shape index (κ2) is 5.68. The van der Waals surface area contributed by atoms with Gasteiger partial charge < -0.3 is 0 Å². The van der Waals surface area contributed by atoms with Gasteiger partial charge >= 0.3 is 0 Å².